The van der Waals surface area contributed by atoms with E-state index in [1.54, 1.807) is 29.2 Å². The molecular weight excluding hydrogens is 368 g/mol. The highest BCUT2D eigenvalue weighted by atomic mass is 32.2. The maximum Gasteiger partial charge on any atom is 0.262 e. The van der Waals surface area contributed by atoms with Crippen molar-refractivity contribution in [1.29, 1.82) is 0 Å². The lowest BCUT2D eigenvalue weighted by Crippen LogP contribution is -2.24. The van der Waals surface area contributed by atoms with Crippen LogP contribution in [0.1, 0.15) is 18.4 Å². The third-order valence-corrected chi connectivity index (χ3v) is 6.02. The molecule has 2 aromatic carbocycles. The SMILES string of the molecule is Cc1cc(NS(=O)(=O)c2ccc3c(c2)OCCO3)ccc1N1CCCC1=O. The Morgan fingerprint density at radius 1 is 1.04 bits per heavy atom. The normalized spacial score (nSPS) is 16.5. The summed E-state index contributed by atoms with van der Waals surface area (Å²) in [6.45, 7) is 3.40. The third-order valence-electron chi connectivity index (χ3n) is 4.64. The summed E-state index contributed by atoms with van der Waals surface area (Å²) in [6.07, 6.45) is 1.40. The zero-order valence-electron chi connectivity index (χ0n) is 14.9. The van der Waals surface area contributed by atoms with Gasteiger partial charge in [0.25, 0.3) is 10.0 Å². The van der Waals surface area contributed by atoms with E-state index in [0.717, 1.165) is 17.7 Å². The number of carbonyl (C=O) groups excluding carboxylic acids is 1. The molecule has 0 atom stereocenters. The number of anilines is 2. The highest BCUT2D eigenvalue weighted by molar-refractivity contribution is 7.92. The van der Waals surface area contributed by atoms with E-state index in [2.05, 4.69) is 4.72 Å². The Kier molecular flexibility index (Phi) is 4.43. The molecule has 0 aromatic heterocycles. The summed E-state index contributed by atoms with van der Waals surface area (Å²) in [7, 11) is -3.77. The number of nitrogens with zero attached hydrogens (tertiary/aromatic N) is 1. The summed E-state index contributed by atoms with van der Waals surface area (Å²) in [5.41, 5.74) is 2.10. The number of rotatable bonds is 4. The summed E-state index contributed by atoms with van der Waals surface area (Å²) in [5.74, 6) is 1.06. The summed E-state index contributed by atoms with van der Waals surface area (Å²) >= 11 is 0. The van der Waals surface area contributed by atoms with Gasteiger partial charge in [-0.3, -0.25) is 9.52 Å². The van der Waals surface area contributed by atoms with E-state index in [9.17, 15) is 13.2 Å². The lowest BCUT2D eigenvalue weighted by molar-refractivity contribution is -0.117. The van der Waals surface area contributed by atoms with Crippen LogP contribution in [0.25, 0.3) is 0 Å². The molecule has 0 bridgehead atoms. The molecule has 2 aliphatic rings. The predicted molar refractivity (Wildman–Crippen MR) is 101 cm³/mol. The topological polar surface area (TPSA) is 84.9 Å². The Labute approximate surface area is 157 Å². The zero-order valence-corrected chi connectivity index (χ0v) is 15.7. The van der Waals surface area contributed by atoms with Crippen LogP contribution in [0.4, 0.5) is 11.4 Å². The van der Waals surface area contributed by atoms with E-state index < -0.39 is 10.0 Å². The van der Waals surface area contributed by atoms with Gasteiger partial charge in [-0.15, -0.1) is 0 Å². The molecule has 4 rings (SSSR count). The van der Waals surface area contributed by atoms with E-state index in [0.29, 0.717) is 43.4 Å². The van der Waals surface area contributed by atoms with Crippen molar-refractivity contribution in [2.24, 2.45) is 0 Å². The summed E-state index contributed by atoms with van der Waals surface area (Å²) < 4.78 is 38.9. The molecular formula is C19H20N2O5S. The van der Waals surface area contributed by atoms with Crippen molar-refractivity contribution in [1.82, 2.24) is 0 Å². The van der Waals surface area contributed by atoms with E-state index in [4.69, 9.17) is 9.47 Å². The number of hydrogen-bond donors (Lipinski definition) is 1. The fourth-order valence-corrected chi connectivity index (χ4v) is 4.39. The number of aryl methyl sites for hydroxylation is 1. The lowest BCUT2D eigenvalue weighted by atomic mass is 10.1. The van der Waals surface area contributed by atoms with Crippen molar-refractivity contribution in [3.8, 4) is 11.5 Å². The minimum absolute atomic E-state index is 0.0997. The van der Waals surface area contributed by atoms with Crippen molar-refractivity contribution in [3.05, 3.63) is 42.0 Å². The summed E-state index contributed by atoms with van der Waals surface area (Å²) in [5, 5.41) is 0. The molecule has 0 radical (unpaired) electrons. The van der Waals surface area contributed by atoms with Gasteiger partial charge in [0, 0.05) is 30.4 Å². The van der Waals surface area contributed by atoms with Crippen LogP contribution in [-0.4, -0.2) is 34.1 Å². The van der Waals surface area contributed by atoms with Crippen molar-refractivity contribution in [2.75, 3.05) is 29.4 Å². The highest BCUT2D eigenvalue weighted by Gasteiger charge is 2.24. The molecule has 0 aliphatic carbocycles. The summed E-state index contributed by atoms with van der Waals surface area (Å²) in [4.78, 5) is 13.8. The monoisotopic (exact) mass is 388 g/mol. The minimum atomic E-state index is -3.77. The molecule has 27 heavy (non-hydrogen) atoms. The smallest absolute Gasteiger partial charge is 0.262 e. The number of fused-ring (bicyclic) bond motifs is 1. The largest absolute Gasteiger partial charge is 0.486 e. The Balaban J connectivity index is 1.58. The third kappa shape index (κ3) is 3.44. The first kappa shape index (κ1) is 17.7. The standard InChI is InChI=1S/C19H20N2O5S/c1-13-11-14(4-6-16(13)21-8-2-3-19(21)22)20-27(23,24)15-5-7-17-18(12-15)26-10-9-25-17/h4-7,11-12,20H,2-3,8-10H2,1H3. The zero-order chi connectivity index (χ0) is 19.0. The lowest BCUT2D eigenvalue weighted by Gasteiger charge is -2.20. The van der Waals surface area contributed by atoms with Crippen molar-refractivity contribution in [2.45, 2.75) is 24.7 Å². The molecule has 0 spiro atoms. The van der Waals surface area contributed by atoms with Gasteiger partial charge in [-0.1, -0.05) is 0 Å². The molecule has 7 nitrogen and oxygen atoms in total. The van der Waals surface area contributed by atoms with Crippen molar-refractivity contribution >= 4 is 27.3 Å². The molecule has 142 valence electrons. The van der Waals surface area contributed by atoms with Crippen LogP contribution in [0.5, 0.6) is 11.5 Å². The molecule has 2 aromatic rings. The van der Waals surface area contributed by atoms with Crippen LogP contribution < -0.4 is 19.1 Å². The minimum Gasteiger partial charge on any atom is -0.486 e. The Morgan fingerprint density at radius 2 is 1.81 bits per heavy atom. The molecule has 8 heteroatoms. The van der Waals surface area contributed by atoms with Gasteiger partial charge in [0.2, 0.25) is 5.91 Å². The van der Waals surface area contributed by atoms with Gasteiger partial charge in [0.1, 0.15) is 13.2 Å². The highest BCUT2D eigenvalue weighted by Crippen LogP contribution is 2.33. The van der Waals surface area contributed by atoms with Crippen LogP contribution in [0.3, 0.4) is 0 Å². The first-order chi connectivity index (χ1) is 12.9. The Bertz CT molecular complexity index is 1000. The number of sulfonamides is 1. The first-order valence-electron chi connectivity index (χ1n) is 8.77. The van der Waals surface area contributed by atoms with Gasteiger partial charge in [-0.05, 0) is 49.2 Å². The number of benzene rings is 2. The number of ether oxygens (including phenoxy) is 2. The molecule has 0 saturated carbocycles. The van der Waals surface area contributed by atoms with Crippen molar-refractivity contribution < 1.29 is 22.7 Å². The fourth-order valence-electron chi connectivity index (χ4n) is 3.33. The maximum atomic E-state index is 12.7. The van der Waals surface area contributed by atoms with E-state index >= 15 is 0 Å². The van der Waals surface area contributed by atoms with Crippen molar-refractivity contribution in [3.63, 3.8) is 0 Å². The quantitative estimate of drug-likeness (QED) is 0.870. The van der Waals surface area contributed by atoms with Crippen LogP contribution >= 0.6 is 0 Å². The summed E-state index contributed by atoms with van der Waals surface area (Å²) in [6, 6.07) is 9.72. The van der Waals surface area contributed by atoms with Gasteiger partial charge in [0.15, 0.2) is 11.5 Å². The molecule has 1 N–H and O–H groups in total. The Morgan fingerprint density at radius 3 is 2.52 bits per heavy atom. The second-order valence-corrected chi connectivity index (χ2v) is 8.24. The van der Waals surface area contributed by atoms with Gasteiger partial charge in [-0.25, -0.2) is 8.42 Å². The van der Waals surface area contributed by atoms with Crippen LogP contribution in [0.15, 0.2) is 41.3 Å². The van der Waals surface area contributed by atoms with Gasteiger partial charge in [0.05, 0.1) is 4.90 Å². The predicted octanol–water partition coefficient (Wildman–Crippen LogP) is 2.69. The Hall–Kier alpha value is -2.74. The van der Waals surface area contributed by atoms with E-state index in [1.165, 1.54) is 12.1 Å². The van der Waals surface area contributed by atoms with Crippen LogP contribution in [0, 0.1) is 6.92 Å². The number of hydrogen-bond acceptors (Lipinski definition) is 5. The van der Waals surface area contributed by atoms with E-state index in [-0.39, 0.29) is 10.8 Å². The first-order valence-corrected chi connectivity index (χ1v) is 10.3. The fraction of sp³-hybridized carbons (Fsp3) is 0.316. The molecule has 2 heterocycles. The number of nitrogens with one attached hydrogen (secondary N) is 1. The van der Waals surface area contributed by atoms with E-state index in [1.807, 2.05) is 6.92 Å². The molecule has 1 amide bonds. The van der Waals surface area contributed by atoms with Gasteiger partial charge >= 0.3 is 0 Å². The second-order valence-electron chi connectivity index (χ2n) is 6.56. The molecule has 1 saturated heterocycles. The van der Waals surface area contributed by atoms with Gasteiger partial charge in [-0.2, -0.15) is 0 Å². The van der Waals surface area contributed by atoms with Gasteiger partial charge < -0.3 is 14.4 Å². The number of carbonyl (C=O) groups is 1. The maximum absolute atomic E-state index is 12.7. The average molecular weight is 388 g/mol. The number of amides is 1. The molecule has 0 unspecified atom stereocenters. The second kappa shape index (κ2) is 6.77. The molecule has 1 fully saturated rings. The average Bonchev–Trinajstić information content (AvgIpc) is 3.07. The molecule has 2 aliphatic heterocycles. The van der Waals surface area contributed by atoms with Crippen LogP contribution in [-0.2, 0) is 14.8 Å². The van der Waals surface area contributed by atoms with Crippen LogP contribution in [0.2, 0.25) is 0 Å².